The van der Waals surface area contributed by atoms with E-state index in [9.17, 15) is 35.1 Å². The van der Waals surface area contributed by atoms with Crippen molar-refractivity contribution in [3.05, 3.63) is 35.9 Å². The predicted molar refractivity (Wildman–Crippen MR) is 292 cm³/mol. The first-order valence-electron chi connectivity index (χ1n) is 28.8. The number of rotatable bonds is 15. The number of carbonyl (C=O) groups is 2. The van der Waals surface area contributed by atoms with E-state index >= 15 is 4.39 Å². The maximum Gasteiger partial charge on any atom is 0.414 e. The van der Waals surface area contributed by atoms with Crippen molar-refractivity contribution in [2.75, 3.05) is 76.9 Å². The van der Waals surface area contributed by atoms with Crippen LogP contribution in [0, 0.1) is 29.5 Å². The molecule has 448 valence electrons. The van der Waals surface area contributed by atoms with Crippen LogP contribution in [0.2, 0.25) is 0 Å². The number of hydrogen-bond acceptors (Lipinski definition) is 19. The van der Waals surface area contributed by atoms with Gasteiger partial charge in [-0.3, -0.25) is 9.69 Å². The summed E-state index contributed by atoms with van der Waals surface area (Å²) in [7, 11) is 5.34. The molecule has 0 radical (unpaired) electrons. The van der Waals surface area contributed by atoms with Crippen molar-refractivity contribution >= 4 is 23.4 Å². The van der Waals surface area contributed by atoms with Crippen molar-refractivity contribution in [3.63, 3.8) is 0 Å². The molecule has 19 atom stereocenters. The fourth-order valence-corrected chi connectivity index (χ4v) is 13.3. The maximum absolute atomic E-state index is 15.2. The zero-order chi connectivity index (χ0) is 57.9. The van der Waals surface area contributed by atoms with Crippen LogP contribution in [0.15, 0.2) is 24.4 Å². The number of amides is 1. The number of ether oxygens (including phenoxy) is 7. The molecule has 5 aliphatic rings. The Hall–Kier alpha value is -3.65. The maximum atomic E-state index is 15.2. The van der Waals surface area contributed by atoms with Crippen LogP contribution in [0.3, 0.4) is 0 Å². The molecule has 0 saturated carbocycles. The molecule has 0 spiro atoms. The van der Waals surface area contributed by atoms with E-state index < -0.39 is 114 Å². The number of benzene rings is 1. The number of carbonyl (C=O) groups excluding carboxylic acids is 2. The highest BCUT2D eigenvalue weighted by Gasteiger charge is 2.55. The minimum Gasteiger partial charge on any atom is -0.459 e. The van der Waals surface area contributed by atoms with E-state index in [1.165, 1.54) is 25.0 Å². The smallest absolute Gasteiger partial charge is 0.414 e. The van der Waals surface area contributed by atoms with Gasteiger partial charge in [-0.2, -0.15) is 0 Å². The first-order chi connectivity index (χ1) is 37.2. The standard InChI is InChI=1S/C57H94FN7O14/c1-14-46-57(10,72)49(67)37(6)62(12)29-33(2)27-55(8,71)51(35(4)47(36(5)52(69)78-46)45-28-56(9,73-13)50(68)38(7)76-45)79-53-48(66)44(25-34(3)75-53)61(11)20-16-15-17-39-30-64(60-59-39)31-41-32-65(54(70)77-41)40-18-19-43(42(58)26-40)63-21-23-74-24-22-63/h18-19,26,30,33-38,41,44-51,53,66-68,71-72H,14-17,20-25,27-29,31-32H2,1-13H3/t33-,34-,35+,36-,37-,38+,41+,44+,45?,46-,47+,48-,49-,50+,51-,53+,55-,56-,57-/m1/s1. The first-order valence-corrected chi connectivity index (χ1v) is 28.8. The van der Waals surface area contributed by atoms with Gasteiger partial charge in [0.1, 0.15) is 41.9 Å². The van der Waals surface area contributed by atoms with Gasteiger partial charge < -0.3 is 73.4 Å². The molecule has 7 rings (SSSR count). The van der Waals surface area contributed by atoms with Gasteiger partial charge in [-0.25, -0.2) is 13.9 Å². The average molecular weight is 1120 g/mol. The highest BCUT2D eigenvalue weighted by molar-refractivity contribution is 5.90. The van der Waals surface area contributed by atoms with Gasteiger partial charge in [-0.15, -0.1) is 5.10 Å². The van der Waals surface area contributed by atoms with Gasteiger partial charge in [-0.1, -0.05) is 32.9 Å². The van der Waals surface area contributed by atoms with E-state index in [-0.39, 0.29) is 50.4 Å². The fourth-order valence-electron chi connectivity index (χ4n) is 13.3. The SMILES string of the molecule is CC[C@H]1OC(=O)[C@H](C)[C@@H](C2C[C@@](C)(OC)[C@@H](O)[C@H](C)O2)[C@H](C)[C@@H](O[C@@H]2O[C@H](C)C[C@H](N(C)CCCCc3cn(C[C@H]4CN(c5ccc(N6CCOCC6)c(F)c5)C(=O)O4)nn3)[C@H]2O)[C@](C)(O)C[C@@H](C)CN(C)[C@H](C)[C@@H](O)[C@]1(C)O. The lowest BCUT2D eigenvalue weighted by Crippen LogP contribution is -2.62. The second-order valence-electron chi connectivity index (χ2n) is 24.5. The van der Waals surface area contributed by atoms with Gasteiger partial charge in [-0.05, 0) is 131 Å². The van der Waals surface area contributed by atoms with Crippen LogP contribution in [0.4, 0.5) is 20.6 Å². The van der Waals surface area contributed by atoms with Gasteiger partial charge in [0.05, 0.1) is 84.9 Å². The van der Waals surface area contributed by atoms with Crippen LogP contribution in [0.1, 0.15) is 113 Å². The molecule has 79 heavy (non-hydrogen) atoms. The van der Waals surface area contributed by atoms with Crippen LogP contribution in [0.5, 0.6) is 0 Å². The number of unbranched alkanes of at least 4 members (excludes halogenated alkanes) is 1. The van der Waals surface area contributed by atoms with Crippen LogP contribution >= 0.6 is 0 Å². The number of nitrogens with zero attached hydrogens (tertiary/aromatic N) is 7. The van der Waals surface area contributed by atoms with Gasteiger partial charge in [0, 0.05) is 57.4 Å². The number of methoxy groups -OCH3 is 1. The van der Waals surface area contributed by atoms with E-state index in [2.05, 4.69) is 15.2 Å². The summed E-state index contributed by atoms with van der Waals surface area (Å²) in [5.74, 6) is -3.60. The molecule has 5 aliphatic heterocycles. The molecule has 21 nitrogen and oxygen atoms in total. The number of likely N-dealkylation sites (N-methyl/N-ethyl adjacent to an activating group) is 2. The molecule has 1 unspecified atom stereocenters. The van der Waals surface area contributed by atoms with Crippen molar-refractivity contribution in [1.29, 1.82) is 0 Å². The molecule has 6 heterocycles. The normalized spacial score (nSPS) is 39.8. The van der Waals surface area contributed by atoms with Gasteiger partial charge in [0.15, 0.2) is 6.29 Å². The molecule has 1 aromatic carbocycles. The fraction of sp³-hybridized carbons (Fsp3) is 0.825. The number of morpholine rings is 1. The Morgan fingerprint density at radius 2 is 1.65 bits per heavy atom. The Kier molecular flexibility index (Phi) is 20.9. The van der Waals surface area contributed by atoms with E-state index in [1.807, 2.05) is 57.8 Å². The second kappa shape index (κ2) is 26.3. The Bertz CT molecular complexity index is 2310. The number of aryl methyl sites for hydroxylation is 1. The largest absolute Gasteiger partial charge is 0.459 e. The molecule has 0 aliphatic carbocycles. The predicted octanol–water partition coefficient (Wildman–Crippen LogP) is 4.16. The highest BCUT2D eigenvalue weighted by Crippen LogP contribution is 2.45. The molecule has 22 heteroatoms. The lowest BCUT2D eigenvalue weighted by Gasteiger charge is -2.51. The van der Waals surface area contributed by atoms with Gasteiger partial charge in [0.25, 0.3) is 0 Å². The number of aromatic nitrogens is 3. The molecule has 5 fully saturated rings. The summed E-state index contributed by atoms with van der Waals surface area (Å²) < 4.78 is 60.2. The number of cyclic esters (lactones) is 2. The quantitative estimate of drug-likeness (QED) is 0.124. The van der Waals surface area contributed by atoms with Crippen LogP contribution in [-0.2, 0) is 50.9 Å². The van der Waals surface area contributed by atoms with Crippen molar-refractivity contribution < 1.29 is 72.7 Å². The van der Waals surface area contributed by atoms with E-state index in [0.29, 0.717) is 63.6 Å². The monoisotopic (exact) mass is 1120 g/mol. The first kappa shape index (κ1) is 62.9. The molecule has 1 amide bonds. The van der Waals surface area contributed by atoms with Crippen LogP contribution in [0.25, 0.3) is 0 Å². The lowest BCUT2D eigenvalue weighted by molar-refractivity contribution is -0.303. The molecule has 0 bridgehead atoms. The summed E-state index contributed by atoms with van der Waals surface area (Å²) in [5.41, 5.74) is -2.81. The van der Waals surface area contributed by atoms with E-state index in [4.69, 9.17) is 33.2 Å². The number of aliphatic hydroxyl groups is 5. The highest BCUT2D eigenvalue weighted by atomic mass is 19.1. The molecule has 2 aromatic rings. The van der Waals surface area contributed by atoms with Crippen molar-refractivity contribution in [1.82, 2.24) is 24.8 Å². The molecule has 1 aromatic heterocycles. The number of halogens is 1. The Morgan fingerprint density at radius 3 is 2.32 bits per heavy atom. The number of aliphatic hydroxyl groups excluding tert-OH is 3. The summed E-state index contributed by atoms with van der Waals surface area (Å²) in [4.78, 5) is 35.0. The van der Waals surface area contributed by atoms with Crippen molar-refractivity contribution in [2.45, 2.75) is 211 Å². The Morgan fingerprint density at radius 1 is 0.937 bits per heavy atom. The van der Waals surface area contributed by atoms with Crippen LogP contribution in [-0.4, -0.2) is 220 Å². The Balaban J connectivity index is 1.03. The summed E-state index contributed by atoms with van der Waals surface area (Å²) in [6.07, 6.45) is -4.48. The van der Waals surface area contributed by atoms with Gasteiger partial charge >= 0.3 is 12.1 Å². The third-order valence-corrected chi connectivity index (χ3v) is 18.1. The number of anilines is 2. The minimum atomic E-state index is -1.82. The second-order valence-corrected chi connectivity index (χ2v) is 24.5. The average Bonchev–Trinajstić information content (AvgIpc) is 4.06. The zero-order valence-corrected chi connectivity index (χ0v) is 49.1. The van der Waals surface area contributed by atoms with E-state index in [0.717, 1.165) is 18.5 Å². The summed E-state index contributed by atoms with van der Waals surface area (Å²) in [5, 5.41) is 68.9. The summed E-state index contributed by atoms with van der Waals surface area (Å²) in [6.45, 7) is 21.7. The molecular formula is C57H94FN7O14. The van der Waals surface area contributed by atoms with E-state index in [1.54, 1.807) is 51.4 Å². The zero-order valence-electron chi connectivity index (χ0n) is 49.1. The Labute approximate surface area is 466 Å². The molecule has 5 saturated heterocycles. The summed E-state index contributed by atoms with van der Waals surface area (Å²) >= 11 is 0. The minimum absolute atomic E-state index is 0.181. The van der Waals surface area contributed by atoms with Crippen LogP contribution < -0.4 is 9.80 Å². The third kappa shape index (κ3) is 14.4. The molecular weight excluding hydrogens is 1030 g/mol. The molecule has 5 N–H and O–H groups in total. The van der Waals surface area contributed by atoms with Crippen molar-refractivity contribution in [2.24, 2.45) is 23.7 Å². The topological polar surface area (TPSA) is 244 Å². The number of esters is 1. The van der Waals surface area contributed by atoms with Crippen molar-refractivity contribution in [3.8, 4) is 0 Å². The lowest BCUT2D eigenvalue weighted by atomic mass is 9.68. The third-order valence-electron chi connectivity index (χ3n) is 18.1. The summed E-state index contributed by atoms with van der Waals surface area (Å²) in [6, 6.07) is 3.83. The number of hydrogen-bond donors (Lipinski definition) is 5. The van der Waals surface area contributed by atoms with Gasteiger partial charge in [0.2, 0.25) is 0 Å².